The van der Waals surface area contributed by atoms with E-state index in [1.54, 1.807) is 12.1 Å². The summed E-state index contributed by atoms with van der Waals surface area (Å²) in [5.41, 5.74) is 12.4. The van der Waals surface area contributed by atoms with Gasteiger partial charge in [-0.2, -0.15) is 0 Å². The first kappa shape index (κ1) is 14.3. The minimum Gasteiger partial charge on any atom is -0.399 e. The first-order valence-electron chi connectivity index (χ1n) is 6.55. The average Bonchev–Trinajstić information content (AvgIpc) is 2.93. The van der Waals surface area contributed by atoms with Crippen LogP contribution in [0.1, 0.15) is 12.0 Å². The van der Waals surface area contributed by atoms with Crippen LogP contribution >= 0.6 is 0 Å². The zero-order valence-electron chi connectivity index (χ0n) is 11.2. The minimum atomic E-state index is -0.521. The van der Waals surface area contributed by atoms with Gasteiger partial charge in [0.1, 0.15) is 0 Å². The molecule has 2 rings (SSSR count). The molecule has 1 aromatic rings. The maximum Gasteiger partial charge on any atom is 0.237 e. The molecule has 1 atom stereocenters. The number of primary amides is 1. The number of hydrogen-bond acceptors (Lipinski definition) is 4. The SMILES string of the molecule is NC(=O)CN(Cc1ccc(N)cc1)C(=O)C1CCOC1. The number of carbonyl (C=O) groups is 2. The molecule has 0 aromatic heterocycles. The van der Waals surface area contributed by atoms with E-state index in [1.807, 2.05) is 12.1 Å². The highest BCUT2D eigenvalue weighted by Gasteiger charge is 2.28. The number of amides is 2. The van der Waals surface area contributed by atoms with Crippen LogP contribution < -0.4 is 11.5 Å². The molecule has 0 aliphatic carbocycles. The first-order valence-corrected chi connectivity index (χ1v) is 6.55. The third kappa shape index (κ3) is 3.71. The molecule has 0 radical (unpaired) electrons. The van der Waals surface area contributed by atoms with Gasteiger partial charge in [0.25, 0.3) is 0 Å². The second kappa shape index (κ2) is 6.38. The molecule has 1 fully saturated rings. The van der Waals surface area contributed by atoms with Crippen molar-refractivity contribution in [3.8, 4) is 0 Å². The Balaban J connectivity index is 2.08. The number of rotatable bonds is 5. The third-order valence-corrected chi connectivity index (χ3v) is 3.29. The molecule has 108 valence electrons. The van der Waals surface area contributed by atoms with Crippen LogP contribution in [0.5, 0.6) is 0 Å². The molecule has 1 aliphatic heterocycles. The van der Waals surface area contributed by atoms with Gasteiger partial charge < -0.3 is 21.1 Å². The fourth-order valence-corrected chi connectivity index (χ4v) is 2.23. The Morgan fingerprint density at radius 2 is 2.00 bits per heavy atom. The van der Waals surface area contributed by atoms with Crippen LogP contribution in [0.25, 0.3) is 0 Å². The smallest absolute Gasteiger partial charge is 0.237 e. The molecule has 1 saturated heterocycles. The summed E-state index contributed by atoms with van der Waals surface area (Å²) in [7, 11) is 0. The summed E-state index contributed by atoms with van der Waals surface area (Å²) in [4.78, 5) is 25.0. The monoisotopic (exact) mass is 277 g/mol. The van der Waals surface area contributed by atoms with Gasteiger partial charge in [-0.3, -0.25) is 9.59 Å². The number of carbonyl (C=O) groups excluding carboxylic acids is 2. The number of nitrogens with two attached hydrogens (primary N) is 2. The maximum absolute atomic E-state index is 12.4. The van der Waals surface area contributed by atoms with Crippen molar-refractivity contribution in [3.05, 3.63) is 29.8 Å². The van der Waals surface area contributed by atoms with Crippen LogP contribution in [0.3, 0.4) is 0 Å². The fourth-order valence-electron chi connectivity index (χ4n) is 2.23. The highest BCUT2D eigenvalue weighted by Crippen LogP contribution is 2.17. The summed E-state index contributed by atoms with van der Waals surface area (Å²) in [5, 5.41) is 0. The number of ether oxygens (including phenoxy) is 1. The first-order chi connectivity index (χ1) is 9.56. The van der Waals surface area contributed by atoms with Crippen molar-refractivity contribution in [2.75, 3.05) is 25.5 Å². The third-order valence-electron chi connectivity index (χ3n) is 3.29. The lowest BCUT2D eigenvalue weighted by Gasteiger charge is -2.24. The average molecular weight is 277 g/mol. The predicted octanol–water partition coefficient (Wildman–Crippen LogP) is 0.119. The highest BCUT2D eigenvalue weighted by atomic mass is 16.5. The summed E-state index contributed by atoms with van der Waals surface area (Å²) in [6.07, 6.45) is 0.690. The molecule has 0 spiro atoms. The lowest BCUT2D eigenvalue weighted by Crippen LogP contribution is -2.41. The van der Waals surface area contributed by atoms with Gasteiger partial charge in [0.05, 0.1) is 19.1 Å². The molecule has 6 nitrogen and oxygen atoms in total. The summed E-state index contributed by atoms with van der Waals surface area (Å²) < 4.78 is 5.22. The van der Waals surface area contributed by atoms with Gasteiger partial charge in [0.15, 0.2) is 0 Å². The normalized spacial score (nSPS) is 17.9. The summed E-state index contributed by atoms with van der Waals surface area (Å²) >= 11 is 0. The second-order valence-electron chi connectivity index (χ2n) is 4.96. The van der Waals surface area contributed by atoms with E-state index in [0.717, 1.165) is 5.56 Å². The van der Waals surface area contributed by atoms with Crippen LogP contribution in [0.15, 0.2) is 24.3 Å². The molecular formula is C14H19N3O3. The Morgan fingerprint density at radius 3 is 2.55 bits per heavy atom. The molecule has 1 aromatic carbocycles. The molecule has 4 N–H and O–H groups in total. The standard InChI is InChI=1S/C14H19N3O3/c15-12-3-1-10(2-4-12)7-17(8-13(16)18)14(19)11-5-6-20-9-11/h1-4,11H,5-9,15H2,(H2,16,18). The molecule has 2 amide bonds. The minimum absolute atomic E-state index is 0.0836. The van der Waals surface area contributed by atoms with Gasteiger partial charge in [0, 0.05) is 18.8 Å². The van der Waals surface area contributed by atoms with Crippen molar-refractivity contribution >= 4 is 17.5 Å². The molecule has 1 heterocycles. The zero-order chi connectivity index (χ0) is 14.5. The molecule has 0 saturated carbocycles. The summed E-state index contributed by atoms with van der Waals surface area (Å²) in [5.74, 6) is -0.783. The number of benzene rings is 1. The lowest BCUT2D eigenvalue weighted by molar-refractivity contribution is -0.139. The fraction of sp³-hybridized carbons (Fsp3) is 0.429. The van der Waals surface area contributed by atoms with E-state index in [9.17, 15) is 9.59 Å². The molecule has 1 aliphatic rings. The Morgan fingerprint density at radius 1 is 1.30 bits per heavy atom. The summed E-state index contributed by atoms with van der Waals surface area (Å²) in [6, 6.07) is 7.20. The summed E-state index contributed by atoms with van der Waals surface area (Å²) in [6.45, 7) is 1.26. The second-order valence-corrected chi connectivity index (χ2v) is 4.96. The van der Waals surface area contributed by atoms with Gasteiger partial charge >= 0.3 is 0 Å². The van der Waals surface area contributed by atoms with Crippen LogP contribution in [-0.4, -0.2) is 36.5 Å². The van der Waals surface area contributed by atoms with Crippen LogP contribution in [0, 0.1) is 5.92 Å². The lowest BCUT2D eigenvalue weighted by atomic mass is 10.1. The van der Waals surface area contributed by atoms with Crippen molar-refractivity contribution in [2.45, 2.75) is 13.0 Å². The Bertz CT molecular complexity index is 481. The van der Waals surface area contributed by atoms with Crippen molar-refractivity contribution in [1.82, 2.24) is 4.90 Å². The number of hydrogen-bond donors (Lipinski definition) is 2. The maximum atomic E-state index is 12.4. The van der Waals surface area contributed by atoms with Gasteiger partial charge in [-0.05, 0) is 24.1 Å². The largest absolute Gasteiger partial charge is 0.399 e. The predicted molar refractivity (Wildman–Crippen MR) is 74.4 cm³/mol. The molecule has 0 bridgehead atoms. The van der Waals surface area contributed by atoms with E-state index in [0.29, 0.717) is 31.9 Å². The quantitative estimate of drug-likeness (QED) is 0.747. The number of nitrogen functional groups attached to an aromatic ring is 1. The topological polar surface area (TPSA) is 98.7 Å². The van der Waals surface area contributed by atoms with E-state index in [4.69, 9.17) is 16.2 Å². The van der Waals surface area contributed by atoms with Crippen LogP contribution in [0.2, 0.25) is 0 Å². The van der Waals surface area contributed by atoms with Gasteiger partial charge in [-0.15, -0.1) is 0 Å². The van der Waals surface area contributed by atoms with Crippen molar-refractivity contribution < 1.29 is 14.3 Å². The molecule has 1 unspecified atom stereocenters. The van der Waals surface area contributed by atoms with Gasteiger partial charge in [-0.25, -0.2) is 0 Å². The number of nitrogens with zero attached hydrogens (tertiary/aromatic N) is 1. The Hall–Kier alpha value is -2.08. The van der Waals surface area contributed by atoms with Crippen molar-refractivity contribution in [2.24, 2.45) is 11.7 Å². The van der Waals surface area contributed by atoms with Crippen molar-refractivity contribution in [1.29, 1.82) is 0 Å². The van der Waals surface area contributed by atoms with E-state index in [-0.39, 0.29) is 18.4 Å². The van der Waals surface area contributed by atoms with E-state index in [1.165, 1.54) is 4.90 Å². The highest BCUT2D eigenvalue weighted by molar-refractivity contribution is 5.85. The van der Waals surface area contributed by atoms with Crippen molar-refractivity contribution in [3.63, 3.8) is 0 Å². The Labute approximate surface area is 117 Å². The Kier molecular flexibility index (Phi) is 4.57. The number of anilines is 1. The zero-order valence-corrected chi connectivity index (χ0v) is 11.2. The molecule has 20 heavy (non-hydrogen) atoms. The van der Waals surface area contributed by atoms with Gasteiger partial charge in [-0.1, -0.05) is 12.1 Å². The van der Waals surface area contributed by atoms with E-state index in [2.05, 4.69) is 0 Å². The molecular weight excluding hydrogens is 258 g/mol. The molecule has 6 heteroatoms. The van der Waals surface area contributed by atoms with Gasteiger partial charge in [0.2, 0.25) is 11.8 Å². The van der Waals surface area contributed by atoms with E-state index >= 15 is 0 Å². The van der Waals surface area contributed by atoms with E-state index < -0.39 is 5.91 Å². The van der Waals surface area contributed by atoms with Crippen LogP contribution in [-0.2, 0) is 20.9 Å². The van der Waals surface area contributed by atoms with Crippen LogP contribution in [0.4, 0.5) is 5.69 Å².